The van der Waals surface area contributed by atoms with Crippen LogP contribution in [0.15, 0.2) is 34.7 Å². The van der Waals surface area contributed by atoms with E-state index in [2.05, 4.69) is 4.74 Å². The van der Waals surface area contributed by atoms with E-state index in [1.807, 2.05) is 30.3 Å². The van der Waals surface area contributed by atoms with E-state index in [4.69, 9.17) is 10.2 Å². The van der Waals surface area contributed by atoms with Crippen molar-refractivity contribution in [3.05, 3.63) is 36.1 Å². The molecule has 1 aromatic carbocycles. The summed E-state index contributed by atoms with van der Waals surface area (Å²) in [5, 5.41) is 1.01. The summed E-state index contributed by atoms with van der Waals surface area (Å²) < 4.78 is 10.1. The third-order valence-electron chi connectivity index (χ3n) is 2.40. The number of fused-ring (bicyclic) bond motifs is 1. The first kappa shape index (κ1) is 10.7. The lowest BCUT2D eigenvalue weighted by Gasteiger charge is -2.05. The van der Waals surface area contributed by atoms with Crippen molar-refractivity contribution in [1.29, 1.82) is 0 Å². The maximum Gasteiger partial charge on any atom is 0.323 e. The lowest BCUT2D eigenvalue weighted by molar-refractivity contribution is -0.142. The van der Waals surface area contributed by atoms with Crippen LogP contribution < -0.4 is 5.73 Å². The number of rotatable bonds is 3. The van der Waals surface area contributed by atoms with Gasteiger partial charge in [-0.1, -0.05) is 18.2 Å². The molecule has 2 aromatic rings. The fourth-order valence-electron chi connectivity index (χ4n) is 1.59. The Morgan fingerprint density at radius 1 is 1.50 bits per heavy atom. The van der Waals surface area contributed by atoms with Crippen LogP contribution in [0.5, 0.6) is 0 Å². The molecule has 0 radical (unpaired) electrons. The smallest absolute Gasteiger partial charge is 0.323 e. The summed E-state index contributed by atoms with van der Waals surface area (Å²) in [6.45, 7) is 0. The molecule has 0 aliphatic carbocycles. The third kappa shape index (κ3) is 2.06. The summed E-state index contributed by atoms with van der Waals surface area (Å²) in [7, 11) is 1.32. The average molecular weight is 219 g/mol. The first-order chi connectivity index (χ1) is 7.70. The van der Waals surface area contributed by atoms with Crippen molar-refractivity contribution in [3.63, 3.8) is 0 Å². The molecule has 0 aliphatic heterocycles. The highest BCUT2D eigenvalue weighted by molar-refractivity contribution is 5.79. The molecule has 2 N–H and O–H groups in total. The molecule has 0 saturated carbocycles. The molecule has 0 fully saturated rings. The van der Waals surface area contributed by atoms with Gasteiger partial charge in [0.25, 0.3) is 0 Å². The van der Waals surface area contributed by atoms with E-state index in [1.54, 1.807) is 0 Å². The first-order valence-electron chi connectivity index (χ1n) is 5.01. The van der Waals surface area contributed by atoms with Gasteiger partial charge in [-0.15, -0.1) is 0 Å². The van der Waals surface area contributed by atoms with Gasteiger partial charge in [0.05, 0.1) is 7.11 Å². The SMILES string of the molecule is COC(=O)C(N)Cc1cc2ccccc2o1. The van der Waals surface area contributed by atoms with E-state index in [9.17, 15) is 4.79 Å². The summed E-state index contributed by atoms with van der Waals surface area (Å²) in [4.78, 5) is 11.1. The van der Waals surface area contributed by atoms with Gasteiger partial charge in [-0.05, 0) is 12.1 Å². The molecule has 16 heavy (non-hydrogen) atoms. The quantitative estimate of drug-likeness (QED) is 0.794. The predicted octanol–water partition coefficient (Wildman–Crippen LogP) is 1.48. The van der Waals surface area contributed by atoms with E-state index in [0.717, 1.165) is 11.0 Å². The largest absolute Gasteiger partial charge is 0.468 e. The Kier molecular flexibility index (Phi) is 2.92. The second-order valence-corrected chi connectivity index (χ2v) is 3.58. The van der Waals surface area contributed by atoms with Gasteiger partial charge in [0.2, 0.25) is 0 Å². The molecule has 2 rings (SSSR count). The minimum absolute atomic E-state index is 0.349. The van der Waals surface area contributed by atoms with Crippen LogP contribution in [0.4, 0.5) is 0 Å². The Labute approximate surface area is 93.0 Å². The number of ether oxygens (including phenoxy) is 1. The monoisotopic (exact) mass is 219 g/mol. The third-order valence-corrected chi connectivity index (χ3v) is 2.40. The Morgan fingerprint density at radius 2 is 2.25 bits per heavy atom. The van der Waals surface area contributed by atoms with Crippen molar-refractivity contribution < 1.29 is 13.9 Å². The molecule has 0 amide bonds. The fraction of sp³-hybridized carbons (Fsp3) is 0.250. The zero-order valence-corrected chi connectivity index (χ0v) is 8.97. The second-order valence-electron chi connectivity index (χ2n) is 3.58. The average Bonchev–Trinajstić information content (AvgIpc) is 2.69. The molecule has 84 valence electrons. The number of hydrogen-bond acceptors (Lipinski definition) is 4. The Hall–Kier alpha value is -1.81. The second kappa shape index (κ2) is 4.37. The number of methoxy groups -OCH3 is 1. The number of benzene rings is 1. The van der Waals surface area contributed by atoms with Crippen molar-refractivity contribution in [3.8, 4) is 0 Å². The molecule has 1 unspecified atom stereocenters. The number of hydrogen-bond donors (Lipinski definition) is 1. The maximum atomic E-state index is 11.1. The summed E-state index contributed by atoms with van der Waals surface area (Å²) in [6.07, 6.45) is 0.349. The highest BCUT2D eigenvalue weighted by Crippen LogP contribution is 2.19. The molecule has 1 aromatic heterocycles. The van der Waals surface area contributed by atoms with Gasteiger partial charge in [-0.25, -0.2) is 0 Å². The normalized spacial score (nSPS) is 12.6. The number of furan rings is 1. The van der Waals surface area contributed by atoms with Gasteiger partial charge in [0.15, 0.2) is 0 Å². The van der Waals surface area contributed by atoms with Crippen molar-refractivity contribution in [2.75, 3.05) is 7.11 Å². The highest BCUT2D eigenvalue weighted by atomic mass is 16.5. The Bertz CT molecular complexity index is 471. The van der Waals surface area contributed by atoms with Crippen LogP contribution in [-0.2, 0) is 16.0 Å². The standard InChI is InChI=1S/C12H13NO3/c1-15-12(14)10(13)7-9-6-8-4-2-3-5-11(8)16-9/h2-6,10H,7,13H2,1H3. The topological polar surface area (TPSA) is 65.5 Å². The molecule has 0 bridgehead atoms. The number of para-hydroxylation sites is 1. The Balaban J connectivity index is 2.18. The summed E-state index contributed by atoms with van der Waals surface area (Å²) in [6, 6.07) is 8.87. The molecule has 0 saturated heterocycles. The van der Waals surface area contributed by atoms with E-state index in [1.165, 1.54) is 7.11 Å². The van der Waals surface area contributed by atoms with E-state index in [0.29, 0.717) is 12.2 Å². The van der Waals surface area contributed by atoms with Crippen molar-refractivity contribution in [2.24, 2.45) is 5.73 Å². The molecule has 0 spiro atoms. The molecule has 0 aliphatic rings. The van der Waals surface area contributed by atoms with Crippen molar-refractivity contribution in [2.45, 2.75) is 12.5 Å². The number of nitrogens with two attached hydrogens (primary N) is 1. The highest BCUT2D eigenvalue weighted by Gasteiger charge is 2.16. The first-order valence-corrected chi connectivity index (χ1v) is 5.01. The van der Waals surface area contributed by atoms with Crippen molar-refractivity contribution in [1.82, 2.24) is 0 Å². The van der Waals surface area contributed by atoms with E-state index in [-0.39, 0.29) is 0 Å². The Morgan fingerprint density at radius 3 is 2.94 bits per heavy atom. The number of esters is 1. The van der Waals surface area contributed by atoms with Gasteiger partial charge in [0, 0.05) is 11.8 Å². The maximum absolute atomic E-state index is 11.1. The van der Waals surface area contributed by atoms with Crippen LogP contribution in [0.2, 0.25) is 0 Å². The van der Waals surface area contributed by atoms with E-state index >= 15 is 0 Å². The zero-order valence-electron chi connectivity index (χ0n) is 8.97. The van der Waals surface area contributed by atoms with Crippen LogP contribution in [0, 0.1) is 0 Å². The van der Waals surface area contributed by atoms with Gasteiger partial charge in [-0.2, -0.15) is 0 Å². The van der Waals surface area contributed by atoms with Crippen LogP contribution in [0.25, 0.3) is 11.0 Å². The van der Waals surface area contributed by atoms with Crippen LogP contribution in [-0.4, -0.2) is 19.1 Å². The fourth-order valence-corrected chi connectivity index (χ4v) is 1.59. The van der Waals surface area contributed by atoms with Crippen LogP contribution >= 0.6 is 0 Å². The summed E-state index contributed by atoms with van der Waals surface area (Å²) in [5.41, 5.74) is 6.45. The number of carbonyl (C=O) groups excluding carboxylic acids is 1. The van der Waals surface area contributed by atoms with Gasteiger partial charge < -0.3 is 14.9 Å². The lowest BCUT2D eigenvalue weighted by atomic mass is 10.1. The molecule has 1 atom stereocenters. The van der Waals surface area contributed by atoms with Crippen LogP contribution in [0.1, 0.15) is 5.76 Å². The van der Waals surface area contributed by atoms with Gasteiger partial charge in [-0.3, -0.25) is 4.79 Å². The lowest BCUT2D eigenvalue weighted by Crippen LogP contribution is -2.33. The predicted molar refractivity (Wildman–Crippen MR) is 59.9 cm³/mol. The summed E-state index contributed by atoms with van der Waals surface area (Å²) in [5.74, 6) is 0.263. The van der Waals surface area contributed by atoms with Crippen molar-refractivity contribution >= 4 is 16.9 Å². The minimum Gasteiger partial charge on any atom is -0.468 e. The van der Waals surface area contributed by atoms with E-state index < -0.39 is 12.0 Å². The molecular formula is C12H13NO3. The molecule has 4 nitrogen and oxygen atoms in total. The molecule has 1 heterocycles. The minimum atomic E-state index is -0.675. The number of carbonyl (C=O) groups is 1. The molecule has 4 heteroatoms. The van der Waals surface area contributed by atoms with Gasteiger partial charge in [0.1, 0.15) is 17.4 Å². The molecular weight excluding hydrogens is 206 g/mol. The van der Waals surface area contributed by atoms with Crippen LogP contribution in [0.3, 0.4) is 0 Å². The zero-order chi connectivity index (χ0) is 11.5. The van der Waals surface area contributed by atoms with Gasteiger partial charge >= 0.3 is 5.97 Å². The summed E-state index contributed by atoms with van der Waals surface area (Å²) >= 11 is 0.